The molecule has 0 bridgehead atoms. The van der Waals surface area contributed by atoms with Crippen molar-refractivity contribution in [1.29, 1.82) is 0 Å². The highest BCUT2D eigenvalue weighted by molar-refractivity contribution is 5.76. The first-order chi connectivity index (χ1) is 12.3. The minimum absolute atomic E-state index is 0.271. The molecule has 0 N–H and O–H groups in total. The molecular formula is C17H21N5O3. The topological polar surface area (TPSA) is 90.3 Å². The molecule has 132 valence electrons. The van der Waals surface area contributed by atoms with Crippen molar-refractivity contribution < 1.29 is 13.9 Å². The van der Waals surface area contributed by atoms with E-state index >= 15 is 0 Å². The van der Waals surface area contributed by atoms with Crippen molar-refractivity contribution in [2.75, 3.05) is 26.8 Å². The first-order valence-electron chi connectivity index (χ1n) is 8.57. The molecule has 0 saturated carbocycles. The van der Waals surface area contributed by atoms with Gasteiger partial charge in [-0.2, -0.15) is 4.98 Å². The fourth-order valence-corrected chi connectivity index (χ4v) is 3.36. The van der Waals surface area contributed by atoms with Crippen molar-refractivity contribution >= 4 is 11.0 Å². The molecule has 0 radical (unpaired) electrons. The molecule has 0 amide bonds. The zero-order valence-electron chi connectivity index (χ0n) is 14.2. The molecule has 2 aromatic heterocycles. The van der Waals surface area contributed by atoms with Crippen LogP contribution in [0.2, 0.25) is 0 Å². The van der Waals surface area contributed by atoms with Crippen molar-refractivity contribution in [3.8, 4) is 0 Å². The summed E-state index contributed by atoms with van der Waals surface area (Å²) in [6.07, 6.45) is 2.85. The van der Waals surface area contributed by atoms with E-state index < -0.39 is 0 Å². The molecule has 1 aromatic carbocycles. The van der Waals surface area contributed by atoms with Crippen molar-refractivity contribution in [3.63, 3.8) is 0 Å². The van der Waals surface area contributed by atoms with Crippen LogP contribution in [-0.2, 0) is 17.7 Å². The Bertz CT molecular complexity index is 830. The largest absolute Gasteiger partial charge is 0.384 e. The lowest BCUT2D eigenvalue weighted by molar-refractivity contribution is 0.180. The summed E-state index contributed by atoms with van der Waals surface area (Å²) in [7, 11) is 1.67. The van der Waals surface area contributed by atoms with Crippen LogP contribution in [0.3, 0.4) is 0 Å². The summed E-state index contributed by atoms with van der Waals surface area (Å²) >= 11 is 0. The summed E-state index contributed by atoms with van der Waals surface area (Å²) in [6, 6.07) is 5.98. The first-order valence-corrected chi connectivity index (χ1v) is 8.57. The maximum absolute atomic E-state index is 5.48. The summed E-state index contributed by atoms with van der Waals surface area (Å²) in [5, 5.41) is 12.0. The van der Waals surface area contributed by atoms with Gasteiger partial charge in [0.15, 0.2) is 5.82 Å². The van der Waals surface area contributed by atoms with Crippen LogP contribution < -0.4 is 0 Å². The average molecular weight is 343 g/mol. The van der Waals surface area contributed by atoms with Crippen LogP contribution in [-0.4, -0.2) is 52.2 Å². The zero-order chi connectivity index (χ0) is 17.1. The molecule has 0 spiro atoms. The highest BCUT2D eigenvalue weighted by Gasteiger charge is 2.26. The van der Waals surface area contributed by atoms with Gasteiger partial charge in [-0.1, -0.05) is 17.3 Å². The van der Waals surface area contributed by atoms with Crippen LogP contribution in [0.25, 0.3) is 11.0 Å². The van der Waals surface area contributed by atoms with Crippen molar-refractivity contribution in [2.24, 2.45) is 0 Å². The van der Waals surface area contributed by atoms with Gasteiger partial charge in [0.2, 0.25) is 5.89 Å². The second-order valence-electron chi connectivity index (χ2n) is 6.42. The van der Waals surface area contributed by atoms with E-state index in [4.69, 9.17) is 13.9 Å². The van der Waals surface area contributed by atoms with E-state index in [0.717, 1.165) is 55.0 Å². The number of benzene rings is 1. The molecule has 1 aliphatic rings. The van der Waals surface area contributed by atoms with Gasteiger partial charge in [0.05, 0.1) is 12.5 Å². The smallest absolute Gasteiger partial charge is 0.231 e. The SMILES string of the molecule is COCCc1noc(C2CCCN(Cc3cccc4nonc34)C2)n1. The molecule has 8 heteroatoms. The van der Waals surface area contributed by atoms with Crippen LogP contribution in [0, 0.1) is 0 Å². The van der Waals surface area contributed by atoms with Gasteiger partial charge in [0.25, 0.3) is 0 Å². The second-order valence-corrected chi connectivity index (χ2v) is 6.42. The van der Waals surface area contributed by atoms with Crippen molar-refractivity contribution in [2.45, 2.75) is 31.7 Å². The summed E-state index contributed by atoms with van der Waals surface area (Å²) in [6.45, 7) is 3.36. The molecule has 1 unspecified atom stereocenters. The Morgan fingerprint density at radius 1 is 1.28 bits per heavy atom. The Hall–Kier alpha value is -2.32. The fraction of sp³-hybridized carbons (Fsp3) is 0.529. The Balaban J connectivity index is 1.44. The molecule has 25 heavy (non-hydrogen) atoms. The normalized spacial score (nSPS) is 18.8. The van der Waals surface area contributed by atoms with Crippen molar-refractivity contribution in [3.05, 3.63) is 35.5 Å². The fourth-order valence-electron chi connectivity index (χ4n) is 3.36. The number of ether oxygens (including phenoxy) is 1. The lowest BCUT2D eigenvalue weighted by Gasteiger charge is -2.30. The highest BCUT2D eigenvalue weighted by atomic mass is 16.6. The van der Waals surface area contributed by atoms with Crippen LogP contribution >= 0.6 is 0 Å². The maximum Gasteiger partial charge on any atom is 0.231 e. The van der Waals surface area contributed by atoms with E-state index in [-0.39, 0.29) is 5.92 Å². The van der Waals surface area contributed by atoms with Gasteiger partial charge in [-0.15, -0.1) is 0 Å². The lowest BCUT2D eigenvalue weighted by Crippen LogP contribution is -2.34. The molecule has 1 atom stereocenters. The molecule has 1 aliphatic heterocycles. The Labute approximate surface area is 145 Å². The van der Waals surface area contributed by atoms with E-state index in [0.29, 0.717) is 18.9 Å². The monoisotopic (exact) mass is 343 g/mol. The number of nitrogens with zero attached hydrogens (tertiary/aromatic N) is 5. The van der Waals surface area contributed by atoms with Gasteiger partial charge < -0.3 is 9.26 Å². The summed E-state index contributed by atoms with van der Waals surface area (Å²) in [5.74, 6) is 1.72. The Morgan fingerprint density at radius 3 is 3.16 bits per heavy atom. The quantitative estimate of drug-likeness (QED) is 0.672. The zero-order valence-corrected chi connectivity index (χ0v) is 14.2. The third-order valence-corrected chi connectivity index (χ3v) is 4.63. The number of piperidine rings is 1. The van der Waals surface area contributed by atoms with E-state index in [1.54, 1.807) is 7.11 Å². The number of methoxy groups -OCH3 is 1. The van der Waals surface area contributed by atoms with Crippen molar-refractivity contribution in [1.82, 2.24) is 25.4 Å². The molecule has 8 nitrogen and oxygen atoms in total. The second kappa shape index (κ2) is 7.28. The predicted molar refractivity (Wildman–Crippen MR) is 88.9 cm³/mol. The molecule has 4 rings (SSSR count). The van der Waals surface area contributed by atoms with Crippen LogP contribution in [0.1, 0.15) is 36.0 Å². The van der Waals surface area contributed by atoms with E-state index in [1.165, 1.54) is 0 Å². The molecule has 1 saturated heterocycles. The van der Waals surface area contributed by atoms with Gasteiger partial charge in [-0.25, -0.2) is 4.63 Å². The van der Waals surface area contributed by atoms with Gasteiger partial charge in [0, 0.05) is 26.6 Å². The van der Waals surface area contributed by atoms with E-state index in [9.17, 15) is 0 Å². The van der Waals surface area contributed by atoms with Gasteiger partial charge in [-0.3, -0.25) is 4.90 Å². The van der Waals surface area contributed by atoms with E-state index in [1.807, 2.05) is 12.1 Å². The number of likely N-dealkylation sites (tertiary alicyclic amines) is 1. The molecule has 3 heterocycles. The summed E-state index contributed by atoms with van der Waals surface area (Å²) in [4.78, 5) is 6.93. The molecule has 3 aromatic rings. The maximum atomic E-state index is 5.48. The standard InChI is InChI=1S/C17H21N5O3/c1-23-9-7-15-18-17(24-20-15)13-5-3-8-22(11-13)10-12-4-2-6-14-16(12)21-25-19-14/h2,4,6,13H,3,5,7-11H2,1H3. The number of fused-ring (bicyclic) bond motifs is 1. The average Bonchev–Trinajstić information content (AvgIpc) is 3.30. The molecule has 1 fully saturated rings. The van der Waals surface area contributed by atoms with Crippen LogP contribution in [0.4, 0.5) is 0 Å². The number of hydrogen-bond donors (Lipinski definition) is 0. The lowest BCUT2D eigenvalue weighted by atomic mass is 9.97. The van der Waals surface area contributed by atoms with Crippen LogP contribution in [0.15, 0.2) is 27.4 Å². The minimum atomic E-state index is 0.271. The van der Waals surface area contributed by atoms with E-state index in [2.05, 4.69) is 31.4 Å². The third kappa shape index (κ3) is 3.54. The van der Waals surface area contributed by atoms with Gasteiger partial charge >= 0.3 is 0 Å². The third-order valence-electron chi connectivity index (χ3n) is 4.63. The molecular weight excluding hydrogens is 322 g/mol. The first kappa shape index (κ1) is 16.2. The Morgan fingerprint density at radius 2 is 2.24 bits per heavy atom. The minimum Gasteiger partial charge on any atom is -0.384 e. The van der Waals surface area contributed by atoms with Crippen LogP contribution in [0.5, 0.6) is 0 Å². The van der Waals surface area contributed by atoms with Gasteiger partial charge in [-0.05, 0) is 41.3 Å². The summed E-state index contributed by atoms with van der Waals surface area (Å²) in [5.41, 5.74) is 2.76. The Kier molecular flexibility index (Phi) is 4.71. The van der Waals surface area contributed by atoms with Gasteiger partial charge in [0.1, 0.15) is 11.0 Å². The molecule has 0 aliphatic carbocycles. The number of aromatic nitrogens is 4. The summed E-state index contributed by atoms with van der Waals surface area (Å²) < 4.78 is 15.4. The highest BCUT2D eigenvalue weighted by Crippen LogP contribution is 2.27. The predicted octanol–water partition coefficient (Wildman–Crippen LogP) is 2.17. The number of rotatable bonds is 6. The number of hydrogen-bond acceptors (Lipinski definition) is 8.